The van der Waals surface area contributed by atoms with Gasteiger partial charge in [-0.3, -0.25) is 4.79 Å². The predicted octanol–water partition coefficient (Wildman–Crippen LogP) is 5.90. The van der Waals surface area contributed by atoms with Crippen molar-refractivity contribution in [2.24, 2.45) is 0 Å². The Morgan fingerprint density at radius 3 is 2.33 bits per heavy atom. The van der Waals surface area contributed by atoms with Gasteiger partial charge >= 0.3 is 5.97 Å². The number of hydrogen-bond donors (Lipinski definition) is 0. The molecule has 122 valence electrons. The van der Waals surface area contributed by atoms with Crippen molar-refractivity contribution in [1.82, 2.24) is 0 Å². The molecule has 0 bridgehead atoms. The minimum absolute atomic E-state index is 0.248. The smallest absolute Gasteiger partial charge is 0.350 e. The maximum atomic E-state index is 12.2. The summed E-state index contributed by atoms with van der Waals surface area (Å²) in [5, 5.41) is 2.11. The van der Waals surface area contributed by atoms with Crippen molar-refractivity contribution in [2.45, 2.75) is 0 Å². The van der Waals surface area contributed by atoms with Gasteiger partial charge in [0.1, 0.15) is 4.88 Å². The highest BCUT2D eigenvalue weighted by atomic mass is 35.5. The first kappa shape index (κ1) is 17.2. The lowest BCUT2D eigenvalue weighted by atomic mass is 10.1. The van der Waals surface area contributed by atoms with E-state index in [1.54, 1.807) is 42.5 Å². The molecule has 3 aromatic rings. The summed E-state index contributed by atoms with van der Waals surface area (Å²) in [6.07, 6.45) is 0. The largest absolute Gasteiger partial charge is 0.453 e. The van der Waals surface area contributed by atoms with Gasteiger partial charge in [0, 0.05) is 25.7 Å². The van der Waals surface area contributed by atoms with Crippen LogP contribution in [-0.4, -0.2) is 18.4 Å². The number of fused-ring (bicyclic) bond motifs is 1. The second-order valence-electron chi connectivity index (χ2n) is 4.89. The number of rotatable bonds is 4. The van der Waals surface area contributed by atoms with Crippen LogP contribution < -0.4 is 0 Å². The fraction of sp³-hybridized carbons (Fsp3) is 0.0588. The van der Waals surface area contributed by atoms with Gasteiger partial charge in [0.25, 0.3) is 0 Å². The molecule has 24 heavy (non-hydrogen) atoms. The van der Waals surface area contributed by atoms with Crippen molar-refractivity contribution in [3.05, 3.63) is 68.0 Å². The van der Waals surface area contributed by atoms with E-state index in [9.17, 15) is 9.59 Å². The fourth-order valence-corrected chi connectivity index (χ4v) is 3.89. The Morgan fingerprint density at radius 2 is 1.62 bits per heavy atom. The normalized spacial score (nSPS) is 10.8. The summed E-state index contributed by atoms with van der Waals surface area (Å²) in [6, 6.07) is 11.5. The molecule has 0 amide bonds. The van der Waals surface area contributed by atoms with Gasteiger partial charge in [-0.2, -0.15) is 0 Å². The van der Waals surface area contributed by atoms with Crippen molar-refractivity contribution in [3.8, 4) is 0 Å². The van der Waals surface area contributed by atoms with Gasteiger partial charge in [0.2, 0.25) is 0 Å². The topological polar surface area (TPSA) is 43.4 Å². The zero-order valence-electron chi connectivity index (χ0n) is 12.0. The Morgan fingerprint density at radius 1 is 0.958 bits per heavy atom. The van der Waals surface area contributed by atoms with Crippen LogP contribution in [-0.2, 0) is 4.74 Å². The summed E-state index contributed by atoms with van der Waals surface area (Å²) in [5.41, 5.74) is 0.418. The molecule has 3 nitrogen and oxygen atoms in total. The van der Waals surface area contributed by atoms with Gasteiger partial charge in [-0.1, -0.05) is 40.9 Å². The highest BCUT2D eigenvalue weighted by Gasteiger charge is 2.20. The third-order valence-electron chi connectivity index (χ3n) is 3.28. The standard InChI is InChI=1S/C17H9Cl3O3S/c18-10-3-1-9(2-4-10)13(21)8-23-17(22)16-15(20)12-6-5-11(19)7-14(12)24-16/h1-7H,8H2. The molecule has 0 N–H and O–H groups in total. The van der Waals surface area contributed by atoms with E-state index in [4.69, 9.17) is 39.5 Å². The zero-order chi connectivity index (χ0) is 17.3. The molecule has 1 heterocycles. The van der Waals surface area contributed by atoms with Crippen molar-refractivity contribution in [1.29, 1.82) is 0 Å². The van der Waals surface area contributed by atoms with E-state index in [2.05, 4.69) is 0 Å². The number of benzene rings is 2. The number of hydrogen-bond acceptors (Lipinski definition) is 4. The molecule has 0 saturated carbocycles. The number of carbonyl (C=O) groups excluding carboxylic acids is 2. The zero-order valence-corrected chi connectivity index (χ0v) is 15.1. The maximum absolute atomic E-state index is 12.2. The number of ketones is 1. The van der Waals surface area contributed by atoms with Crippen molar-refractivity contribution >= 4 is 68.0 Å². The molecule has 0 fully saturated rings. The predicted molar refractivity (Wildman–Crippen MR) is 97.9 cm³/mol. The number of esters is 1. The van der Waals surface area contributed by atoms with Gasteiger partial charge in [-0.15, -0.1) is 11.3 Å². The summed E-state index contributed by atoms with van der Waals surface area (Å²) in [5.74, 6) is -0.958. The SMILES string of the molecule is O=C(COC(=O)c1sc2cc(Cl)ccc2c1Cl)c1ccc(Cl)cc1. The van der Waals surface area contributed by atoms with E-state index in [0.29, 0.717) is 20.6 Å². The monoisotopic (exact) mass is 398 g/mol. The molecule has 0 aliphatic carbocycles. The molecule has 0 saturated heterocycles. The van der Waals surface area contributed by atoms with Crippen LogP contribution in [0.3, 0.4) is 0 Å². The molecular weight excluding hydrogens is 391 g/mol. The van der Waals surface area contributed by atoms with E-state index in [1.807, 2.05) is 0 Å². The second-order valence-corrected chi connectivity index (χ2v) is 7.19. The van der Waals surface area contributed by atoms with Crippen LogP contribution in [0.5, 0.6) is 0 Å². The average Bonchev–Trinajstić information content (AvgIpc) is 2.89. The van der Waals surface area contributed by atoms with Crippen LogP contribution in [0.25, 0.3) is 10.1 Å². The highest BCUT2D eigenvalue weighted by molar-refractivity contribution is 7.21. The lowest BCUT2D eigenvalue weighted by Gasteiger charge is -2.03. The summed E-state index contributed by atoms with van der Waals surface area (Å²) >= 11 is 19.1. The Kier molecular flexibility index (Phi) is 5.11. The second kappa shape index (κ2) is 7.11. The highest BCUT2D eigenvalue weighted by Crippen LogP contribution is 2.37. The van der Waals surface area contributed by atoms with Gasteiger partial charge in [0.15, 0.2) is 12.4 Å². The first-order chi connectivity index (χ1) is 11.5. The summed E-state index contributed by atoms with van der Waals surface area (Å²) in [7, 11) is 0. The first-order valence-corrected chi connectivity index (χ1v) is 8.74. The van der Waals surface area contributed by atoms with Crippen LogP contribution in [0.2, 0.25) is 15.1 Å². The first-order valence-electron chi connectivity index (χ1n) is 6.79. The molecule has 0 atom stereocenters. The van der Waals surface area contributed by atoms with E-state index in [-0.39, 0.29) is 17.3 Å². The maximum Gasteiger partial charge on any atom is 0.350 e. The molecule has 3 rings (SSSR count). The molecule has 0 aliphatic rings. The van der Waals surface area contributed by atoms with Gasteiger partial charge in [-0.05, 0) is 36.4 Å². The molecular formula is C17H9Cl3O3S. The van der Waals surface area contributed by atoms with Crippen molar-refractivity contribution in [2.75, 3.05) is 6.61 Å². The number of ether oxygens (including phenoxy) is 1. The van der Waals surface area contributed by atoms with Crippen molar-refractivity contribution in [3.63, 3.8) is 0 Å². The summed E-state index contributed by atoms with van der Waals surface area (Å²) < 4.78 is 5.87. The average molecular weight is 400 g/mol. The van der Waals surface area contributed by atoms with Crippen LogP contribution >= 0.6 is 46.1 Å². The number of thiophene rings is 1. The molecule has 0 unspecified atom stereocenters. The van der Waals surface area contributed by atoms with E-state index >= 15 is 0 Å². The molecule has 1 aromatic heterocycles. The van der Waals surface area contributed by atoms with Gasteiger partial charge < -0.3 is 4.74 Å². The molecule has 0 spiro atoms. The molecule has 0 radical (unpaired) electrons. The van der Waals surface area contributed by atoms with Crippen molar-refractivity contribution < 1.29 is 14.3 Å². The quantitative estimate of drug-likeness (QED) is 0.405. The number of carbonyl (C=O) groups is 2. The van der Waals surface area contributed by atoms with E-state index in [1.165, 1.54) is 11.3 Å². The Balaban J connectivity index is 1.74. The van der Waals surface area contributed by atoms with Gasteiger partial charge in [0.05, 0.1) is 5.02 Å². The van der Waals surface area contributed by atoms with E-state index < -0.39 is 5.97 Å². The number of halogens is 3. The van der Waals surface area contributed by atoms with Crippen LogP contribution in [0.1, 0.15) is 20.0 Å². The lowest BCUT2D eigenvalue weighted by Crippen LogP contribution is -2.13. The van der Waals surface area contributed by atoms with Crippen LogP contribution in [0, 0.1) is 0 Å². The van der Waals surface area contributed by atoms with Crippen LogP contribution in [0.4, 0.5) is 0 Å². The Labute approximate surface area is 156 Å². The Bertz CT molecular complexity index is 932. The fourth-order valence-electron chi connectivity index (χ4n) is 2.09. The minimum atomic E-state index is -0.639. The van der Waals surface area contributed by atoms with Crippen LogP contribution in [0.15, 0.2) is 42.5 Å². The summed E-state index contributed by atoms with van der Waals surface area (Å²) in [4.78, 5) is 24.5. The summed E-state index contributed by atoms with van der Waals surface area (Å²) in [6.45, 7) is -0.369. The Hall–Kier alpha value is -1.59. The van der Waals surface area contributed by atoms with Gasteiger partial charge in [-0.25, -0.2) is 4.79 Å². The minimum Gasteiger partial charge on any atom is -0.453 e. The third kappa shape index (κ3) is 3.57. The third-order valence-corrected chi connectivity index (χ3v) is 5.40. The molecule has 7 heteroatoms. The number of Topliss-reactive ketones (excluding diaryl/α,β-unsaturated/α-hetero) is 1. The molecule has 2 aromatic carbocycles. The molecule has 0 aliphatic heterocycles. The van der Waals surface area contributed by atoms with E-state index in [0.717, 1.165) is 10.1 Å². The lowest BCUT2D eigenvalue weighted by molar-refractivity contribution is 0.0480.